The fraction of sp³-hybridized carbons (Fsp3) is 0.500. The number of nitrogens with zero attached hydrogens (tertiary/aromatic N) is 5. The summed E-state index contributed by atoms with van der Waals surface area (Å²) in [4.78, 5) is 18.0. The Labute approximate surface area is 139 Å². The molecule has 1 amide bonds. The first-order valence-electron chi connectivity index (χ1n) is 7.52. The lowest BCUT2D eigenvalue weighted by Gasteiger charge is -2.33. The highest BCUT2D eigenvalue weighted by Crippen LogP contribution is 2.18. The molecule has 130 valence electrons. The highest BCUT2D eigenvalue weighted by molar-refractivity contribution is 7.89. The van der Waals surface area contributed by atoms with Gasteiger partial charge in [0, 0.05) is 45.5 Å². The molecule has 3 rings (SSSR count). The summed E-state index contributed by atoms with van der Waals surface area (Å²) in [6.45, 7) is 4.51. The van der Waals surface area contributed by atoms with Gasteiger partial charge in [-0.3, -0.25) is 4.79 Å². The summed E-state index contributed by atoms with van der Waals surface area (Å²) in [5.41, 5.74) is 0.240. The van der Waals surface area contributed by atoms with Gasteiger partial charge in [-0.1, -0.05) is 5.16 Å². The zero-order chi connectivity index (χ0) is 17.5. The molecule has 24 heavy (non-hydrogen) atoms. The third kappa shape index (κ3) is 2.94. The Kier molecular flexibility index (Phi) is 4.18. The van der Waals surface area contributed by atoms with E-state index >= 15 is 0 Å². The van der Waals surface area contributed by atoms with Crippen molar-refractivity contribution in [2.75, 3.05) is 26.2 Å². The van der Waals surface area contributed by atoms with Gasteiger partial charge in [-0.2, -0.15) is 4.31 Å². The van der Waals surface area contributed by atoms with Crippen LogP contribution in [-0.2, 0) is 17.1 Å². The van der Waals surface area contributed by atoms with Crippen molar-refractivity contribution in [3.8, 4) is 0 Å². The number of sulfonamides is 1. The molecule has 1 aliphatic rings. The van der Waals surface area contributed by atoms with Gasteiger partial charge in [0.05, 0.1) is 0 Å². The molecule has 0 atom stereocenters. The SMILES string of the molecule is Cc1cc(C(=O)N2CCN(S(=O)(=O)c3cn(C)c(C)n3)CC2)no1. The normalized spacial score (nSPS) is 16.5. The van der Waals surface area contributed by atoms with Gasteiger partial charge in [0.15, 0.2) is 10.7 Å². The molecule has 0 bridgehead atoms. The van der Waals surface area contributed by atoms with Crippen molar-refractivity contribution < 1.29 is 17.7 Å². The molecule has 0 aliphatic carbocycles. The van der Waals surface area contributed by atoms with Gasteiger partial charge in [0.1, 0.15) is 11.6 Å². The number of aromatic nitrogens is 3. The molecule has 0 N–H and O–H groups in total. The molecular formula is C14H19N5O4S. The fourth-order valence-corrected chi connectivity index (χ4v) is 3.99. The molecule has 0 unspecified atom stereocenters. The van der Waals surface area contributed by atoms with Crippen LogP contribution in [0.1, 0.15) is 22.1 Å². The number of imidazole rings is 1. The number of carbonyl (C=O) groups excluding carboxylic acids is 1. The topological polar surface area (TPSA) is 102 Å². The maximum atomic E-state index is 12.6. The molecule has 1 saturated heterocycles. The summed E-state index contributed by atoms with van der Waals surface area (Å²) in [7, 11) is -1.90. The first-order valence-corrected chi connectivity index (χ1v) is 8.96. The quantitative estimate of drug-likeness (QED) is 0.780. The van der Waals surface area contributed by atoms with Crippen LogP contribution in [0.2, 0.25) is 0 Å². The van der Waals surface area contributed by atoms with Gasteiger partial charge in [0.25, 0.3) is 15.9 Å². The van der Waals surface area contributed by atoms with Crippen molar-refractivity contribution >= 4 is 15.9 Å². The van der Waals surface area contributed by atoms with Gasteiger partial charge in [0.2, 0.25) is 0 Å². The molecule has 10 heteroatoms. The Hall–Kier alpha value is -2.20. The Bertz CT molecular complexity index is 842. The van der Waals surface area contributed by atoms with Crippen LogP contribution in [-0.4, -0.2) is 64.4 Å². The van der Waals surface area contributed by atoms with E-state index in [0.717, 1.165) is 0 Å². The number of hydrogen-bond acceptors (Lipinski definition) is 6. The summed E-state index contributed by atoms with van der Waals surface area (Å²) in [6, 6.07) is 1.57. The van der Waals surface area contributed by atoms with Gasteiger partial charge >= 0.3 is 0 Å². The van der Waals surface area contributed by atoms with Crippen LogP contribution in [0.5, 0.6) is 0 Å². The van der Waals surface area contributed by atoms with E-state index in [4.69, 9.17) is 4.52 Å². The third-order valence-electron chi connectivity index (χ3n) is 4.06. The van der Waals surface area contributed by atoms with Crippen molar-refractivity contribution in [2.24, 2.45) is 7.05 Å². The molecular weight excluding hydrogens is 334 g/mol. The van der Waals surface area contributed by atoms with Gasteiger partial charge in [-0.15, -0.1) is 0 Å². The van der Waals surface area contributed by atoms with Crippen LogP contribution in [0.3, 0.4) is 0 Å². The molecule has 2 aromatic rings. The van der Waals surface area contributed by atoms with E-state index in [2.05, 4.69) is 10.1 Å². The summed E-state index contributed by atoms with van der Waals surface area (Å²) in [5, 5.41) is 3.74. The number of amides is 1. The lowest BCUT2D eigenvalue weighted by molar-refractivity contribution is 0.0687. The molecule has 3 heterocycles. The smallest absolute Gasteiger partial charge is 0.276 e. The van der Waals surface area contributed by atoms with Crippen LogP contribution < -0.4 is 0 Å². The van der Waals surface area contributed by atoms with Crippen molar-refractivity contribution in [2.45, 2.75) is 18.9 Å². The lowest BCUT2D eigenvalue weighted by Crippen LogP contribution is -2.50. The van der Waals surface area contributed by atoms with E-state index in [1.807, 2.05) is 0 Å². The summed E-state index contributed by atoms with van der Waals surface area (Å²) >= 11 is 0. The van der Waals surface area contributed by atoms with E-state index in [1.165, 1.54) is 10.5 Å². The van der Waals surface area contributed by atoms with E-state index < -0.39 is 10.0 Å². The number of rotatable bonds is 3. The fourth-order valence-electron chi connectivity index (χ4n) is 2.54. The first-order chi connectivity index (χ1) is 11.3. The predicted octanol–water partition coefficient (Wildman–Crippen LogP) is 0.172. The highest BCUT2D eigenvalue weighted by atomic mass is 32.2. The Morgan fingerprint density at radius 1 is 1.21 bits per heavy atom. The molecule has 0 saturated carbocycles. The Morgan fingerprint density at radius 2 is 1.88 bits per heavy atom. The molecule has 1 fully saturated rings. The lowest BCUT2D eigenvalue weighted by atomic mass is 10.3. The second-order valence-electron chi connectivity index (χ2n) is 5.76. The predicted molar refractivity (Wildman–Crippen MR) is 83.8 cm³/mol. The van der Waals surface area contributed by atoms with Crippen LogP contribution in [0, 0.1) is 13.8 Å². The molecule has 1 aliphatic heterocycles. The van der Waals surface area contributed by atoms with Crippen LogP contribution >= 0.6 is 0 Å². The van der Waals surface area contributed by atoms with E-state index in [9.17, 15) is 13.2 Å². The van der Waals surface area contributed by atoms with Crippen molar-refractivity contribution in [3.63, 3.8) is 0 Å². The average molecular weight is 353 g/mol. The summed E-state index contributed by atoms with van der Waals surface area (Å²) in [6.07, 6.45) is 1.50. The van der Waals surface area contributed by atoms with E-state index in [-0.39, 0.29) is 29.7 Å². The first kappa shape index (κ1) is 16.7. The summed E-state index contributed by atoms with van der Waals surface area (Å²) < 4.78 is 33.2. The van der Waals surface area contributed by atoms with Gasteiger partial charge in [-0.05, 0) is 13.8 Å². The van der Waals surface area contributed by atoms with Crippen molar-refractivity contribution in [3.05, 3.63) is 29.5 Å². The Balaban J connectivity index is 1.69. The van der Waals surface area contributed by atoms with Crippen molar-refractivity contribution in [1.82, 2.24) is 23.9 Å². The maximum absolute atomic E-state index is 12.6. The second kappa shape index (κ2) is 6.02. The monoisotopic (exact) mass is 353 g/mol. The Morgan fingerprint density at radius 3 is 2.38 bits per heavy atom. The molecule has 0 spiro atoms. The third-order valence-corrected chi connectivity index (χ3v) is 5.83. The number of aryl methyl sites for hydroxylation is 3. The molecule has 0 radical (unpaired) electrons. The van der Waals surface area contributed by atoms with Crippen LogP contribution in [0.4, 0.5) is 0 Å². The minimum absolute atomic E-state index is 0.0365. The van der Waals surface area contributed by atoms with Gasteiger partial charge in [-0.25, -0.2) is 13.4 Å². The van der Waals surface area contributed by atoms with Crippen molar-refractivity contribution in [1.29, 1.82) is 0 Å². The van der Waals surface area contributed by atoms with Crippen LogP contribution in [0.15, 0.2) is 21.8 Å². The minimum Gasteiger partial charge on any atom is -0.361 e. The minimum atomic E-state index is -3.64. The molecule has 2 aromatic heterocycles. The molecule has 0 aromatic carbocycles. The maximum Gasteiger partial charge on any atom is 0.276 e. The summed E-state index contributed by atoms with van der Waals surface area (Å²) in [5.74, 6) is 0.937. The second-order valence-corrected chi connectivity index (χ2v) is 7.64. The number of carbonyl (C=O) groups is 1. The number of piperazine rings is 1. The average Bonchev–Trinajstić information content (AvgIpc) is 3.13. The zero-order valence-corrected chi connectivity index (χ0v) is 14.6. The van der Waals surface area contributed by atoms with Crippen LogP contribution in [0.25, 0.3) is 0 Å². The van der Waals surface area contributed by atoms with E-state index in [1.54, 1.807) is 36.4 Å². The van der Waals surface area contributed by atoms with E-state index in [0.29, 0.717) is 24.7 Å². The largest absolute Gasteiger partial charge is 0.361 e. The highest BCUT2D eigenvalue weighted by Gasteiger charge is 2.32. The van der Waals surface area contributed by atoms with Gasteiger partial charge < -0.3 is 14.0 Å². The number of hydrogen-bond donors (Lipinski definition) is 0. The molecule has 9 nitrogen and oxygen atoms in total. The standard InChI is InChI=1S/C14H19N5O4S/c1-10-8-12(16-23-10)14(20)18-4-6-19(7-5-18)24(21,22)13-9-17(3)11(2)15-13/h8-9H,4-7H2,1-3H3. The zero-order valence-electron chi connectivity index (χ0n) is 13.8.